The van der Waals surface area contributed by atoms with E-state index in [4.69, 9.17) is 24.7 Å². The zero-order valence-electron chi connectivity index (χ0n) is 14.3. The van der Waals surface area contributed by atoms with E-state index in [1.165, 1.54) is 6.92 Å². The second kappa shape index (κ2) is 7.22. The van der Waals surface area contributed by atoms with Gasteiger partial charge in [-0.05, 0) is 23.8 Å². The summed E-state index contributed by atoms with van der Waals surface area (Å²) >= 11 is 0. The minimum atomic E-state index is -0.725. The Morgan fingerprint density at radius 2 is 1.81 bits per heavy atom. The number of carbonyl (C=O) groups excluding carboxylic acids is 2. The first-order valence-electron chi connectivity index (χ1n) is 7.80. The molecule has 0 aliphatic carbocycles. The monoisotopic (exact) mass is 358 g/mol. The number of amides is 2. The maximum absolute atomic E-state index is 11.6. The van der Waals surface area contributed by atoms with Crippen molar-refractivity contribution in [3.8, 4) is 23.0 Å². The third kappa shape index (κ3) is 3.64. The topological polar surface area (TPSA) is 109 Å². The fraction of sp³-hybridized carbons (Fsp3) is 0.222. The number of esters is 1. The summed E-state index contributed by atoms with van der Waals surface area (Å²) in [6, 6.07) is 8.89. The Bertz CT molecular complexity index is 834. The maximum Gasteiger partial charge on any atom is 0.312 e. The zero-order valence-corrected chi connectivity index (χ0v) is 14.3. The molecule has 2 aromatic rings. The van der Waals surface area contributed by atoms with E-state index in [1.807, 2.05) is 0 Å². The van der Waals surface area contributed by atoms with Crippen LogP contribution in [-0.4, -0.2) is 25.9 Å². The Morgan fingerprint density at radius 1 is 1.15 bits per heavy atom. The molecule has 0 aromatic heterocycles. The molecule has 2 aromatic carbocycles. The van der Waals surface area contributed by atoms with Crippen molar-refractivity contribution in [1.82, 2.24) is 5.32 Å². The normalized spacial score (nSPS) is 13.0. The highest BCUT2D eigenvalue weighted by Gasteiger charge is 2.26. The molecule has 3 N–H and O–H groups in total. The molecule has 8 heteroatoms. The Balaban J connectivity index is 2.09. The lowest BCUT2D eigenvalue weighted by atomic mass is 9.97. The summed E-state index contributed by atoms with van der Waals surface area (Å²) in [6.07, 6.45) is 0. The van der Waals surface area contributed by atoms with Gasteiger partial charge in [-0.15, -0.1) is 0 Å². The molecule has 0 radical (unpaired) electrons. The van der Waals surface area contributed by atoms with E-state index in [0.717, 1.165) is 5.56 Å². The number of methoxy groups -OCH3 is 1. The molecular formula is C18H18N2O6. The molecule has 0 fully saturated rings. The maximum atomic E-state index is 11.6. The van der Waals surface area contributed by atoms with Gasteiger partial charge in [-0.3, -0.25) is 4.79 Å². The number of fused-ring (bicyclic) bond motifs is 1. The minimum Gasteiger partial charge on any atom is -0.497 e. The lowest BCUT2D eigenvalue weighted by Gasteiger charge is -2.21. The van der Waals surface area contributed by atoms with E-state index < -0.39 is 18.0 Å². The number of hydrogen-bond acceptors (Lipinski definition) is 6. The molecule has 0 spiro atoms. The van der Waals surface area contributed by atoms with Crippen molar-refractivity contribution in [3.05, 3.63) is 47.5 Å². The molecule has 1 unspecified atom stereocenters. The average molecular weight is 358 g/mol. The molecule has 1 heterocycles. The largest absolute Gasteiger partial charge is 0.497 e. The quantitative estimate of drug-likeness (QED) is 0.626. The molecule has 1 aliphatic heterocycles. The molecule has 136 valence electrons. The van der Waals surface area contributed by atoms with Crippen LogP contribution in [0.4, 0.5) is 4.79 Å². The van der Waals surface area contributed by atoms with Gasteiger partial charge in [-0.1, -0.05) is 12.1 Å². The van der Waals surface area contributed by atoms with E-state index in [-0.39, 0.29) is 12.5 Å². The van der Waals surface area contributed by atoms with Gasteiger partial charge >= 0.3 is 12.0 Å². The van der Waals surface area contributed by atoms with Gasteiger partial charge < -0.3 is 30.0 Å². The predicted molar refractivity (Wildman–Crippen MR) is 91.4 cm³/mol. The molecule has 3 rings (SSSR count). The average Bonchev–Trinajstić information content (AvgIpc) is 3.06. The van der Waals surface area contributed by atoms with E-state index >= 15 is 0 Å². The van der Waals surface area contributed by atoms with Gasteiger partial charge in [0.1, 0.15) is 11.5 Å². The van der Waals surface area contributed by atoms with Crippen LogP contribution in [0.25, 0.3) is 0 Å². The van der Waals surface area contributed by atoms with Crippen LogP contribution in [0.15, 0.2) is 36.4 Å². The van der Waals surface area contributed by atoms with Gasteiger partial charge in [-0.25, -0.2) is 4.79 Å². The van der Waals surface area contributed by atoms with E-state index in [0.29, 0.717) is 22.8 Å². The minimum absolute atomic E-state index is 0.0642. The molecule has 8 nitrogen and oxygen atoms in total. The highest BCUT2D eigenvalue weighted by atomic mass is 16.7. The number of nitrogens with two attached hydrogens (primary N) is 1. The van der Waals surface area contributed by atoms with E-state index in [9.17, 15) is 9.59 Å². The van der Waals surface area contributed by atoms with Crippen molar-refractivity contribution in [2.45, 2.75) is 13.0 Å². The smallest absolute Gasteiger partial charge is 0.312 e. The molecule has 0 saturated carbocycles. The van der Waals surface area contributed by atoms with Crippen molar-refractivity contribution < 1.29 is 28.5 Å². The molecule has 0 saturated heterocycles. The molecule has 0 bridgehead atoms. The van der Waals surface area contributed by atoms with Crippen molar-refractivity contribution in [2.75, 3.05) is 13.9 Å². The lowest BCUT2D eigenvalue weighted by Crippen LogP contribution is -2.34. The summed E-state index contributed by atoms with van der Waals surface area (Å²) in [7, 11) is 1.56. The molecule has 1 atom stereocenters. The third-order valence-corrected chi connectivity index (χ3v) is 3.81. The Labute approximate surface area is 149 Å². The Morgan fingerprint density at radius 3 is 2.38 bits per heavy atom. The van der Waals surface area contributed by atoms with Gasteiger partial charge in [0.2, 0.25) is 6.79 Å². The molecular weight excluding hydrogens is 340 g/mol. The van der Waals surface area contributed by atoms with Gasteiger partial charge in [0.25, 0.3) is 0 Å². The Hall–Kier alpha value is -3.42. The first kappa shape index (κ1) is 17.4. The highest BCUT2D eigenvalue weighted by Crippen LogP contribution is 2.42. The number of rotatable bonds is 5. The summed E-state index contributed by atoms with van der Waals surface area (Å²) in [5, 5.41) is 2.67. The van der Waals surface area contributed by atoms with Gasteiger partial charge in [0.15, 0.2) is 11.5 Å². The second-order valence-electron chi connectivity index (χ2n) is 5.55. The fourth-order valence-corrected chi connectivity index (χ4v) is 2.69. The first-order chi connectivity index (χ1) is 12.5. The Kier molecular flexibility index (Phi) is 4.83. The van der Waals surface area contributed by atoms with Crippen LogP contribution in [0.3, 0.4) is 0 Å². The van der Waals surface area contributed by atoms with Crippen LogP contribution in [0.2, 0.25) is 0 Å². The van der Waals surface area contributed by atoms with Gasteiger partial charge in [0, 0.05) is 18.6 Å². The standard InChI is InChI=1S/C18H18N2O6/c1-10(21)26-14-8-16-15(24-9-25-16)7-13(14)17(20-18(19)22)11-3-5-12(23-2)6-4-11/h3-8,17H,9H2,1-2H3,(H3,19,20,22). The molecule has 2 amide bonds. The summed E-state index contributed by atoms with van der Waals surface area (Å²) in [6.45, 7) is 1.35. The summed E-state index contributed by atoms with van der Waals surface area (Å²) < 4.78 is 21.2. The van der Waals surface area contributed by atoms with Crippen LogP contribution < -0.4 is 30.0 Å². The summed E-state index contributed by atoms with van der Waals surface area (Å²) in [5.41, 5.74) is 6.58. The second-order valence-corrected chi connectivity index (χ2v) is 5.55. The number of hydrogen-bond donors (Lipinski definition) is 2. The SMILES string of the molecule is COc1ccc(C(NC(N)=O)c2cc3c(cc2OC(C)=O)OCO3)cc1. The fourth-order valence-electron chi connectivity index (χ4n) is 2.69. The predicted octanol–water partition coefficient (Wildman–Crippen LogP) is 2.11. The lowest BCUT2D eigenvalue weighted by molar-refractivity contribution is -0.131. The summed E-state index contributed by atoms with van der Waals surface area (Å²) in [5.74, 6) is 1.35. The van der Waals surface area contributed by atoms with Crippen molar-refractivity contribution in [2.24, 2.45) is 5.73 Å². The van der Waals surface area contributed by atoms with Crippen LogP contribution >= 0.6 is 0 Å². The van der Waals surface area contributed by atoms with E-state index in [1.54, 1.807) is 43.5 Å². The zero-order chi connectivity index (χ0) is 18.7. The number of benzene rings is 2. The van der Waals surface area contributed by atoms with Crippen molar-refractivity contribution in [1.29, 1.82) is 0 Å². The third-order valence-electron chi connectivity index (χ3n) is 3.81. The summed E-state index contributed by atoms with van der Waals surface area (Å²) in [4.78, 5) is 23.1. The van der Waals surface area contributed by atoms with E-state index in [2.05, 4.69) is 5.32 Å². The highest BCUT2D eigenvalue weighted by molar-refractivity contribution is 5.74. The number of urea groups is 1. The number of nitrogens with one attached hydrogen (secondary N) is 1. The van der Waals surface area contributed by atoms with Crippen molar-refractivity contribution in [3.63, 3.8) is 0 Å². The first-order valence-corrected chi connectivity index (χ1v) is 7.80. The van der Waals surface area contributed by atoms with Crippen LogP contribution in [0.1, 0.15) is 24.1 Å². The van der Waals surface area contributed by atoms with Crippen LogP contribution in [0, 0.1) is 0 Å². The molecule has 26 heavy (non-hydrogen) atoms. The van der Waals surface area contributed by atoms with Crippen LogP contribution in [-0.2, 0) is 4.79 Å². The van der Waals surface area contributed by atoms with Crippen molar-refractivity contribution >= 4 is 12.0 Å². The van der Waals surface area contributed by atoms with Gasteiger partial charge in [-0.2, -0.15) is 0 Å². The molecule has 1 aliphatic rings. The number of carbonyl (C=O) groups is 2. The number of primary amides is 1. The number of ether oxygens (including phenoxy) is 4. The van der Waals surface area contributed by atoms with Crippen LogP contribution in [0.5, 0.6) is 23.0 Å². The van der Waals surface area contributed by atoms with Gasteiger partial charge in [0.05, 0.1) is 13.2 Å².